The van der Waals surface area contributed by atoms with Crippen LogP contribution in [0.1, 0.15) is 35.1 Å². The molecule has 1 rings (SSSR count). The minimum atomic E-state index is -0.452. The average Bonchev–Trinajstić information content (AvgIpc) is 2.61. The van der Waals surface area contributed by atoms with Crippen LogP contribution in [0.15, 0.2) is 5.51 Å². The summed E-state index contributed by atoms with van der Waals surface area (Å²) in [4.78, 5) is 16.2. The first kappa shape index (κ1) is 12.1. The van der Waals surface area contributed by atoms with Crippen molar-refractivity contribution < 1.29 is 9.90 Å². The Labute approximate surface area is 93.4 Å². The molecule has 0 aliphatic carbocycles. The molecule has 15 heavy (non-hydrogen) atoms. The van der Waals surface area contributed by atoms with Crippen LogP contribution < -0.4 is 5.32 Å². The summed E-state index contributed by atoms with van der Waals surface area (Å²) in [7, 11) is 0. The van der Waals surface area contributed by atoms with Crippen molar-refractivity contribution in [3.63, 3.8) is 0 Å². The van der Waals surface area contributed by atoms with Gasteiger partial charge in [0.2, 0.25) is 0 Å². The van der Waals surface area contributed by atoms with Gasteiger partial charge in [-0.25, -0.2) is 4.98 Å². The molecule has 0 saturated heterocycles. The number of nitrogens with one attached hydrogen (secondary N) is 1. The summed E-state index contributed by atoms with van der Waals surface area (Å²) in [6, 6.07) is 0. The monoisotopic (exact) mass is 228 g/mol. The van der Waals surface area contributed by atoms with Crippen LogP contribution >= 0.6 is 11.3 Å². The van der Waals surface area contributed by atoms with E-state index in [1.54, 1.807) is 12.4 Å². The smallest absolute Gasteiger partial charge is 0.263 e. The Hall–Kier alpha value is -0.940. The van der Waals surface area contributed by atoms with Crippen molar-refractivity contribution in [3.8, 4) is 0 Å². The molecule has 1 aromatic heterocycles. The summed E-state index contributed by atoms with van der Waals surface area (Å²) in [5.41, 5.74) is 2.38. The van der Waals surface area contributed by atoms with Gasteiger partial charge in [-0.3, -0.25) is 4.79 Å². The number of carbonyl (C=O) groups excluding carboxylic acids is 1. The second kappa shape index (κ2) is 5.82. The Morgan fingerprint density at radius 2 is 2.47 bits per heavy atom. The molecule has 0 radical (unpaired) electrons. The van der Waals surface area contributed by atoms with Gasteiger partial charge in [-0.2, -0.15) is 0 Å². The number of nitrogens with zero attached hydrogens (tertiary/aromatic N) is 1. The van der Waals surface area contributed by atoms with Gasteiger partial charge in [-0.05, 0) is 13.3 Å². The highest BCUT2D eigenvalue weighted by molar-refractivity contribution is 7.11. The molecule has 0 aliphatic heterocycles. The van der Waals surface area contributed by atoms with Gasteiger partial charge in [-0.15, -0.1) is 11.3 Å². The second-order valence-electron chi connectivity index (χ2n) is 3.42. The van der Waals surface area contributed by atoms with Gasteiger partial charge in [0.25, 0.3) is 5.91 Å². The summed E-state index contributed by atoms with van der Waals surface area (Å²) in [6.07, 6.45) is 1.17. The number of thiazole rings is 1. The highest BCUT2D eigenvalue weighted by atomic mass is 32.1. The van der Waals surface area contributed by atoms with Crippen molar-refractivity contribution in [2.45, 2.75) is 32.8 Å². The summed E-state index contributed by atoms with van der Waals surface area (Å²) >= 11 is 1.32. The average molecular weight is 228 g/mol. The van der Waals surface area contributed by atoms with Gasteiger partial charge < -0.3 is 10.4 Å². The molecule has 0 aromatic carbocycles. The predicted octanol–water partition coefficient (Wildman–Crippen LogP) is 1.34. The Kier molecular flexibility index (Phi) is 4.71. The lowest BCUT2D eigenvalue weighted by molar-refractivity contribution is 0.0913. The fraction of sp³-hybridized carbons (Fsp3) is 0.600. The molecular formula is C10H16N2O2S. The largest absolute Gasteiger partial charge is 0.391 e. The molecule has 1 unspecified atom stereocenters. The zero-order valence-electron chi connectivity index (χ0n) is 8.99. The van der Waals surface area contributed by atoms with Gasteiger partial charge in [0.15, 0.2) is 0 Å². The molecule has 0 bridgehead atoms. The standard InChI is InChI=1S/C10H16N2O2S/c1-3-4-8(13)5-11-10(14)9-7(2)12-6-15-9/h6,8,13H,3-5H2,1-2H3,(H,11,14). The van der Waals surface area contributed by atoms with Gasteiger partial charge in [0.05, 0.1) is 17.3 Å². The number of aromatic nitrogens is 1. The molecule has 0 spiro atoms. The van der Waals surface area contributed by atoms with Crippen LogP contribution in [0.2, 0.25) is 0 Å². The SMILES string of the molecule is CCCC(O)CNC(=O)c1scnc1C. The lowest BCUT2D eigenvalue weighted by atomic mass is 10.2. The molecule has 4 nitrogen and oxygen atoms in total. The Balaban J connectivity index is 2.40. The zero-order valence-corrected chi connectivity index (χ0v) is 9.80. The number of aryl methyl sites for hydroxylation is 1. The molecule has 1 heterocycles. The zero-order chi connectivity index (χ0) is 11.3. The van der Waals surface area contributed by atoms with Crippen LogP contribution in [0.3, 0.4) is 0 Å². The first-order valence-corrected chi connectivity index (χ1v) is 5.89. The predicted molar refractivity (Wildman–Crippen MR) is 60.1 cm³/mol. The van der Waals surface area contributed by atoms with E-state index in [0.29, 0.717) is 17.8 Å². The maximum atomic E-state index is 11.6. The van der Waals surface area contributed by atoms with E-state index in [2.05, 4.69) is 10.3 Å². The van der Waals surface area contributed by atoms with Gasteiger partial charge >= 0.3 is 0 Å². The van der Waals surface area contributed by atoms with E-state index in [0.717, 1.165) is 12.1 Å². The number of carbonyl (C=O) groups is 1. The topological polar surface area (TPSA) is 62.2 Å². The lowest BCUT2D eigenvalue weighted by Crippen LogP contribution is -2.31. The van der Waals surface area contributed by atoms with E-state index in [1.807, 2.05) is 6.92 Å². The maximum absolute atomic E-state index is 11.6. The Bertz CT molecular complexity index is 325. The molecule has 1 amide bonds. The minimum Gasteiger partial charge on any atom is -0.391 e. The van der Waals surface area contributed by atoms with E-state index in [9.17, 15) is 9.90 Å². The van der Waals surface area contributed by atoms with Crippen LogP contribution in [0.5, 0.6) is 0 Å². The van der Waals surface area contributed by atoms with Crippen molar-refractivity contribution in [3.05, 3.63) is 16.1 Å². The molecule has 2 N–H and O–H groups in total. The summed E-state index contributed by atoms with van der Waals surface area (Å²) in [5, 5.41) is 12.1. The number of aliphatic hydroxyl groups is 1. The van der Waals surface area contributed by atoms with Gasteiger partial charge in [0.1, 0.15) is 4.88 Å². The van der Waals surface area contributed by atoms with E-state index in [1.165, 1.54) is 11.3 Å². The number of rotatable bonds is 5. The third-order valence-corrected chi connectivity index (χ3v) is 3.00. The minimum absolute atomic E-state index is 0.148. The third-order valence-electron chi connectivity index (χ3n) is 2.07. The highest BCUT2D eigenvalue weighted by Crippen LogP contribution is 2.11. The maximum Gasteiger partial charge on any atom is 0.263 e. The number of aliphatic hydroxyl groups excluding tert-OH is 1. The van der Waals surface area contributed by atoms with Gasteiger partial charge in [0, 0.05) is 6.54 Å². The molecular weight excluding hydrogens is 212 g/mol. The van der Waals surface area contributed by atoms with Crippen LogP contribution in [-0.2, 0) is 0 Å². The van der Waals surface area contributed by atoms with Crippen molar-refractivity contribution in [1.29, 1.82) is 0 Å². The van der Waals surface area contributed by atoms with Crippen LogP contribution in [0, 0.1) is 6.92 Å². The molecule has 1 aromatic rings. The molecule has 1 atom stereocenters. The molecule has 5 heteroatoms. The molecule has 0 aliphatic rings. The summed E-state index contributed by atoms with van der Waals surface area (Å²) in [6.45, 7) is 4.11. The fourth-order valence-electron chi connectivity index (χ4n) is 1.25. The van der Waals surface area contributed by atoms with E-state index in [-0.39, 0.29) is 5.91 Å². The Morgan fingerprint density at radius 1 is 1.73 bits per heavy atom. The van der Waals surface area contributed by atoms with Crippen molar-refractivity contribution in [2.24, 2.45) is 0 Å². The third kappa shape index (κ3) is 3.60. The Morgan fingerprint density at radius 3 is 3.00 bits per heavy atom. The number of hydrogen-bond acceptors (Lipinski definition) is 4. The molecule has 84 valence electrons. The second-order valence-corrected chi connectivity index (χ2v) is 4.27. The number of hydrogen-bond donors (Lipinski definition) is 2. The quantitative estimate of drug-likeness (QED) is 0.799. The van der Waals surface area contributed by atoms with E-state index in [4.69, 9.17) is 0 Å². The first-order chi connectivity index (χ1) is 7.15. The highest BCUT2D eigenvalue weighted by Gasteiger charge is 2.12. The van der Waals surface area contributed by atoms with Crippen molar-refractivity contribution in [1.82, 2.24) is 10.3 Å². The normalized spacial score (nSPS) is 12.5. The van der Waals surface area contributed by atoms with Crippen molar-refractivity contribution in [2.75, 3.05) is 6.54 Å². The van der Waals surface area contributed by atoms with Crippen LogP contribution in [-0.4, -0.2) is 28.6 Å². The fourth-order valence-corrected chi connectivity index (χ4v) is 1.96. The first-order valence-electron chi connectivity index (χ1n) is 5.01. The van der Waals surface area contributed by atoms with Crippen LogP contribution in [0.4, 0.5) is 0 Å². The molecule has 0 saturated carbocycles. The lowest BCUT2D eigenvalue weighted by Gasteiger charge is -2.09. The van der Waals surface area contributed by atoms with Gasteiger partial charge in [-0.1, -0.05) is 13.3 Å². The van der Waals surface area contributed by atoms with Crippen molar-refractivity contribution >= 4 is 17.2 Å². The van der Waals surface area contributed by atoms with Crippen LogP contribution in [0.25, 0.3) is 0 Å². The van der Waals surface area contributed by atoms with E-state index < -0.39 is 6.10 Å². The number of amides is 1. The summed E-state index contributed by atoms with van der Waals surface area (Å²) < 4.78 is 0. The van der Waals surface area contributed by atoms with E-state index >= 15 is 0 Å². The molecule has 0 fully saturated rings. The summed E-state index contributed by atoms with van der Waals surface area (Å²) in [5.74, 6) is -0.148.